The van der Waals surface area contributed by atoms with E-state index in [9.17, 15) is 5.11 Å². The van der Waals surface area contributed by atoms with Crippen molar-refractivity contribution in [2.75, 3.05) is 23.3 Å². The molecule has 0 fully saturated rings. The van der Waals surface area contributed by atoms with Gasteiger partial charge < -0.3 is 20.3 Å². The van der Waals surface area contributed by atoms with Crippen molar-refractivity contribution >= 4 is 40.8 Å². The number of H-pyrrole nitrogens is 1. The summed E-state index contributed by atoms with van der Waals surface area (Å²) in [6, 6.07) is 5.47. The predicted molar refractivity (Wildman–Crippen MR) is 113 cm³/mol. The summed E-state index contributed by atoms with van der Waals surface area (Å²) in [6.07, 6.45) is 9.79. The molecule has 0 bridgehead atoms. The molecule has 28 heavy (non-hydrogen) atoms. The first kappa shape index (κ1) is 18.7. The van der Waals surface area contributed by atoms with Crippen molar-refractivity contribution in [2.45, 2.75) is 13.0 Å². The molecule has 144 valence electrons. The lowest BCUT2D eigenvalue weighted by Gasteiger charge is -2.30. The molecule has 2 aromatic heterocycles. The van der Waals surface area contributed by atoms with E-state index in [1.54, 1.807) is 18.6 Å². The van der Waals surface area contributed by atoms with Crippen LogP contribution in [0.4, 0.5) is 11.5 Å². The van der Waals surface area contributed by atoms with Gasteiger partial charge in [0, 0.05) is 53.6 Å². The number of rotatable bonds is 6. The lowest BCUT2D eigenvalue weighted by atomic mass is 10.1. The van der Waals surface area contributed by atoms with Crippen LogP contribution in [-0.2, 0) is 13.0 Å². The number of aromatic hydroxyl groups is 1. The van der Waals surface area contributed by atoms with Crippen LogP contribution in [-0.4, -0.2) is 33.1 Å². The van der Waals surface area contributed by atoms with Crippen molar-refractivity contribution in [3.8, 4) is 5.75 Å². The molecular formula is C20H19Cl2N5O. The van der Waals surface area contributed by atoms with Gasteiger partial charge in [-0.2, -0.15) is 0 Å². The van der Waals surface area contributed by atoms with Gasteiger partial charge in [0.05, 0.1) is 18.2 Å². The molecule has 0 spiro atoms. The molecule has 3 N–H and O–H groups in total. The molecule has 1 aliphatic heterocycles. The van der Waals surface area contributed by atoms with Crippen LogP contribution in [0.15, 0.2) is 43.0 Å². The number of benzene rings is 1. The van der Waals surface area contributed by atoms with E-state index in [2.05, 4.69) is 31.2 Å². The van der Waals surface area contributed by atoms with Crippen molar-refractivity contribution in [1.29, 1.82) is 0 Å². The smallest absolute Gasteiger partial charge is 0.158 e. The van der Waals surface area contributed by atoms with E-state index in [-0.39, 0.29) is 5.75 Å². The number of aromatic nitrogens is 3. The van der Waals surface area contributed by atoms with E-state index in [1.165, 1.54) is 6.20 Å². The van der Waals surface area contributed by atoms with Crippen molar-refractivity contribution in [1.82, 2.24) is 15.0 Å². The van der Waals surface area contributed by atoms with Crippen molar-refractivity contribution < 1.29 is 5.11 Å². The molecule has 8 heteroatoms. The number of halogens is 2. The first-order valence-electron chi connectivity index (χ1n) is 8.89. The fourth-order valence-corrected chi connectivity index (χ4v) is 3.90. The Bertz CT molecular complexity index is 984. The molecule has 0 radical (unpaired) electrons. The van der Waals surface area contributed by atoms with Gasteiger partial charge in [0.1, 0.15) is 5.82 Å². The van der Waals surface area contributed by atoms with E-state index < -0.39 is 0 Å². The Morgan fingerprint density at radius 3 is 2.75 bits per heavy atom. The molecule has 0 amide bonds. The standard InChI is InChI=1S/C20H19Cl2N5O/c21-14-6-13(7-15(22)8-14)11-27-5-1-2-17-19(27)18(28)10-25-20(17)24-4-3-16-9-23-12-26-16/h1-2,6-10,12,28H,3-5,11H2,(H,23,26)(H,24,25). The van der Waals surface area contributed by atoms with E-state index in [0.717, 1.165) is 34.7 Å². The highest BCUT2D eigenvalue weighted by Gasteiger charge is 2.21. The third-order valence-corrected chi connectivity index (χ3v) is 4.97. The monoisotopic (exact) mass is 415 g/mol. The summed E-state index contributed by atoms with van der Waals surface area (Å²) >= 11 is 12.3. The molecule has 0 saturated heterocycles. The number of aromatic amines is 1. The van der Waals surface area contributed by atoms with Crippen molar-refractivity contribution in [3.05, 3.63) is 69.9 Å². The highest BCUT2D eigenvalue weighted by atomic mass is 35.5. The Kier molecular flexibility index (Phi) is 5.41. The number of hydrogen-bond donors (Lipinski definition) is 3. The minimum absolute atomic E-state index is 0.145. The lowest BCUT2D eigenvalue weighted by Crippen LogP contribution is -2.26. The fraction of sp³-hybridized carbons (Fsp3) is 0.200. The Hall–Kier alpha value is -2.70. The average Bonchev–Trinajstić information content (AvgIpc) is 3.16. The second-order valence-corrected chi connectivity index (χ2v) is 7.44. The van der Waals surface area contributed by atoms with Gasteiger partial charge in [0.15, 0.2) is 5.75 Å². The average molecular weight is 416 g/mol. The van der Waals surface area contributed by atoms with Gasteiger partial charge in [-0.1, -0.05) is 35.4 Å². The first-order chi connectivity index (χ1) is 13.6. The number of fused-ring (bicyclic) bond motifs is 1. The van der Waals surface area contributed by atoms with Crippen molar-refractivity contribution in [2.24, 2.45) is 0 Å². The minimum atomic E-state index is 0.145. The molecule has 3 aromatic rings. The van der Waals surface area contributed by atoms with Crippen LogP contribution in [0.25, 0.3) is 6.08 Å². The summed E-state index contributed by atoms with van der Waals surface area (Å²) in [7, 11) is 0. The lowest BCUT2D eigenvalue weighted by molar-refractivity contribution is 0.471. The van der Waals surface area contributed by atoms with Gasteiger partial charge in [0.25, 0.3) is 0 Å². The summed E-state index contributed by atoms with van der Waals surface area (Å²) < 4.78 is 0. The Morgan fingerprint density at radius 2 is 2.00 bits per heavy atom. The van der Waals surface area contributed by atoms with Gasteiger partial charge in [-0.05, 0) is 23.8 Å². The van der Waals surface area contributed by atoms with Gasteiger partial charge in [-0.3, -0.25) is 0 Å². The van der Waals surface area contributed by atoms with Crippen molar-refractivity contribution in [3.63, 3.8) is 0 Å². The SMILES string of the molecule is Oc1cnc(NCCc2cnc[nH]2)c2c1N(Cc1cc(Cl)cc(Cl)c1)CC=C2. The maximum absolute atomic E-state index is 10.5. The molecule has 3 heterocycles. The van der Waals surface area contributed by atoms with Crippen LogP contribution < -0.4 is 10.2 Å². The number of pyridine rings is 1. The molecular weight excluding hydrogens is 397 g/mol. The largest absolute Gasteiger partial charge is 0.504 e. The molecule has 4 rings (SSSR count). The second-order valence-electron chi connectivity index (χ2n) is 6.57. The van der Waals surface area contributed by atoms with E-state index in [4.69, 9.17) is 23.2 Å². The Balaban J connectivity index is 1.56. The molecule has 0 saturated carbocycles. The molecule has 6 nitrogen and oxygen atoms in total. The third kappa shape index (κ3) is 4.08. The van der Waals surface area contributed by atoms with Gasteiger partial charge in [0.2, 0.25) is 0 Å². The van der Waals surface area contributed by atoms with Gasteiger partial charge >= 0.3 is 0 Å². The quantitative estimate of drug-likeness (QED) is 0.552. The molecule has 0 unspecified atom stereocenters. The molecule has 0 aliphatic carbocycles. The number of nitrogens with one attached hydrogen (secondary N) is 2. The van der Waals surface area contributed by atoms with E-state index >= 15 is 0 Å². The van der Waals surface area contributed by atoms with Crippen LogP contribution in [0, 0.1) is 0 Å². The Morgan fingerprint density at radius 1 is 1.18 bits per heavy atom. The minimum Gasteiger partial charge on any atom is -0.504 e. The molecule has 1 aliphatic rings. The fourth-order valence-electron chi connectivity index (χ4n) is 3.33. The van der Waals surface area contributed by atoms with Gasteiger partial charge in [-0.15, -0.1) is 0 Å². The van der Waals surface area contributed by atoms with Crippen LogP contribution in [0.5, 0.6) is 5.75 Å². The summed E-state index contributed by atoms with van der Waals surface area (Å²) in [6.45, 7) is 1.94. The predicted octanol–water partition coefficient (Wildman–Crippen LogP) is 4.51. The zero-order chi connectivity index (χ0) is 19.5. The highest BCUT2D eigenvalue weighted by Crippen LogP contribution is 2.39. The topological polar surface area (TPSA) is 77.1 Å². The number of anilines is 2. The van der Waals surface area contributed by atoms with Crippen LogP contribution in [0.1, 0.15) is 16.8 Å². The zero-order valence-corrected chi connectivity index (χ0v) is 16.5. The maximum Gasteiger partial charge on any atom is 0.158 e. The van der Waals surface area contributed by atoms with Crippen LogP contribution >= 0.6 is 23.2 Å². The number of hydrogen-bond acceptors (Lipinski definition) is 5. The van der Waals surface area contributed by atoms with E-state index in [0.29, 0.717) is 29.7 Å². The maximum atomic E-state index is 10.5. The van der Waals surface area contributed by atoms with Crippen LogP contribution in [0.2, 0.25) is 10.0 Å². The van der Waals surface area contributed by atoms with Gasteiger partial charge in [-0.25, -0.2) is 9.97 Å². The zero-order valence-electron chi connectivity index (χ0n) is 15.0. The number of nitrogens with zero attached hydrogens (tertiary/aromatic N) is 3. The first-order valence-corrected chi connectivity index (χ1v) is 9.65. The Labute approximate surface area is 172 Å². The number of imidazole rings is 1. The van der Waals surface area contributed by atoms with Crippen LogP contribution in [0.3, 0.4) is 0 Å². The summed E-state index contributed by atoms with van der Waals surface area (Å²) in [5.41, 5.74) is 3.64. The third-order valence-electron chi connectivity index (χ3n) is 4.53. The highest BCUT2D eigenvalue weighted by molar-refractivity contribution is 6.34. The second kappa shape index (κ2) is 8.12. The van der Waals surface area contributed by atoms with E-state index in [1.807, 2.05) is 18.2 Å². The summed E-state index contributed by atoms with van der Waals surface area (Å²) in [5.74, 6) is 0.879. The molecule has 1 aromatic carbocycles. The molecule has 0 atom stereocenters. The summed E-state index contributed by atoms with van der Waals surface area (Å²) in [5, 5.41) is 15.0. The summed E-state index contributed by atoms with van der Waals surface area (Å²) in [4.78, 5) is 13.6. The normalized spacial score (nSPS) is 12.9.